The molecule has 0 aliphatic carbocycles. The minimum atomic E-state index is -4.21. The molecule has 0 unspecified atom stereocenters. The van der Waals surface area contributed by atoms with Crippen molar-refractivity contribution in [3.05, 3.63) is 23.8 Å². The molecule has 0 saturated carbocycles. The molecule has 0 aliphatic rings. The van der Waals surface area contributed by atoms with Gasteiger partial charge in [-0.2, -0.15) is 13.2 Å². The van der Waals surface area contributed by atoms with E-state index >= 15 is 0 Å². The summed E-state index contributed by atoms with van der Waals surface area (Å²) in [6.07, 6.45) is -5.34. The van der Waals surface area contributed by atoms with Crippen LogP contribution in [0.5, 0.6) is 11.5 Å². The molecule has 1 rings (SSSR count). The van der Waals surface area contributed by atoms with Gasteiger partial charge in [-0.1, -0.05) is 6.07 Å². The van der Waals surface area contributed by atoms with E-state index in [1.54, 1.807) is 0 Å². The molecule has 0 aliphatic heterocycles. The van der Waals surface area contributed by atoms with Gasteiger partial charge in [-0.15, -0.1) is 0 Å². The van der Waals surface area contributed by atoms with Gasteiger partial charge in [0.05, 0.1) is 7.11 Å². The summed E-state index contributed by atoms with van der Waals surface area (Å²) in [7, 11) is 1.36. The number of phenolic OH excluding ortho intramolecular Hbond substituents is 1. The molecule has 0 heterocycles. The molecule has 0 aromatic heterocycles. The van der Waals surface area contributed by atoms with Crippen LogP contribution in [0.1, 0.15) is 24.4 Å². The molecule has 0 amide bonds. The highest BCUT2D eigenvalue weighted by Crippen LogP contribution is 2.31. The summed E-state index contributed by atoms with van der Waals surface area (Å²) in [5, 5.41) is 9.33. The molecular weight excluding hydrogens is 235 g/mol. The number of nitrogens with two attached hydrogens (primary N) is 1. The van der Waals surface area contributed by atoms with Gasteiger partial charge in [0, 0.05) is 12.5 Å². The smallest absolute Gasteiger partial charge is 0.389 e. The maximum atomic E-state index is 12.0. The third-order valence-corrected chi connectivity index (χ3v) is 2.37. The summed E-state index contributed by atoms with van der Waals surface area (Å²) in [4.78, 5) is 0. The van der Waals surface area contributed by atoms with Crippen LogP contribution in [-0.4, -0.2) is 18.4 Å². The predicted molar refractivity (Wildman–Crippen MR) is 56.9 cm³/mol. The number of methoxy groups -OCH3 is 1. The number of ether oxygens (including phenoxy) is 1. The van der Waals surface area contributed by atoms with Crippen molar-refractivity contribution < 1.29 is 23.0 Å². The van der Waals surface area contributed by atoms with Crippen molar-refractivity contribution in [2.75, 3.05) is 7.11 Å². The van der Waals surface area contributed by atoms with Gasteiger partial charge in [0.1, 0.15) is 0 Å². The molecule has 6 heteroatoms. The minimum Gasteiger partial charge on any atom is -0.504 e. The summed E-state index contributed by atoms with van der Waals surface area (Å²) >= 11 is 0. The normalized spacial score (nSPS) is 13.5. The van der Waals surface area contributed by atoms with Gasteiger partial charge in [-0.3, -0.25) is 0 Å². The number of halogens is 3. The van der Waals surface area contributed by atoms with E-state index < -0.39 is 18.6 Å². The van der Waals surface area contributed by atoms with Gasteiger partial charge in [-0.25, -0.2) is 0 Å². The first-order valence-corrected chi connectivity index (χ1v) is 5.02. The second kappa shape index (κ2) is 5.27. The third-order valence-electron chi connectivity index (χ3n) is 2.37. The Morgan fingerprint density at radius 1 is 1.41 bits per heavy atom. The lowest BCUT2D eigenvalue weighted by Gasteiger charge is -2.14. The minimum absolute atomic E-state index is 0.0701. The fourth-order valence-corrected chi connectivity index (χ4v) is 1.41. The molecular formula is C11H14F3NO2. The first-order chi connectivity index (χ1) is 7.83. The molecule has 1 aromatic carbocycles. The summed E-state index contributed by atoms with van der Waals surface area (Å²) in [6.45, 7) is 0. The molecule has 17 heavy (non-hydrogen) atoms. The second-order valence-corrected chi connectivity index (χ2v) is 3.69. The zero-order valence-electron chi connectivity index (χ0n) is 9.29. The molecule has 96 valence electrons. The lowest BCUT2D eigenvalue weighted by atomic mass is 10.0. The Hall–Kier alpha value is -1.43. The number of phenols is 1. The van der Waals surface area contributed by atoms with E-state index in [0.717, 1.165) is 0 Å². The molecule has 0 bridgehead atoms. The number of benzene rings is 1. The maximum absolute atomic E-state index is 12.0. The molecule has 0 spiro atoms. The van der Waals surface area contributed by atoms with E-state index in [2.05, 4.69) is 0 Å². The molecule has 0 saturated heterocycles. The van der Waals surface area contributed by atoms with Crippen molar-refractivity contribution >= 4 is 0 Å². The molecule has 0 fully saturated rings. The van der Waals surface area contributed by atoms with Crippen LogP contribution in [0.4, 0.5) is 13.2 Å². The van der Waals surface area contributed by atoms with E-state index in [9.17, 15) is 18.3 Å². The average molecular weight is 249 g/mol. The quantitative estimate of drug-likeness (QED) is 0.862. The Kier molecular flexibility index (Phi) is 4.22. The van der Waals surface area contributed by atoms with Crippen LogP contribution in [-0.2, 0) is 0 Å². The van der Waals surface area contributed by atoms with Crippen molar-refractivity contribution in [2.45, 2.75) is 25.1 Å². The molecule has 3 nitrogen and oxygen atoms in total. The predicted octanol–water partition coefficient (Wildman–Crippen LogP) is 2.74. The van der Waals surface area contributed by atoms with Gasteiger partial charge in [0.15, 0.2) is 11.5 Å². The first-order valence-electron chi connectivity index (χ1n) is 5.02. The lowest BCUT2D eigenvalue weighted by Crippen LogP contribution is -2.15. The molecule has 1 atom stereocenters. The highest BCUT2D eigenvalue weighted by Gasteiger charge is 2.27. The van der Waals surface area contributed by atoms with Crippen molar-refractivity contribution in [3.63, 3.8) is 0 Å². The standard InChI is InChI=1S/C11H14F3NO2/c1-17-10-6-7(2-3-9(10)16)8(15)4-5-11(12,13)14/h2-3,6,8,16H,4-5,15H2,1H3/t8-/m0/s1. The van der Waals surface area contributed by atoms with Gasteiger partial charge in [-0.05, 0) is 24.1 Å². The Labute approximate surface area is 97.0 Å². The number of hydrogen-bond donors (Lipinski definition) is 2. The highest BCUT2D eigenvalue weighted by atomic mass is 19.4. The van der Waals surface area contributed by atoms with E-state index in [1.165, 1.54) is 25.3 Å². The van der Waals surface area contributed by atoms with Crippen LogP contribution >= 0.6 is 0 Å². The van der Waals surface area contributed by atoms with Crippen molar-refractivity contribution in [3.8, 4) is 11.5 Å². The van der Waals surface area contributed by atoms with Crippen molar-refractivity contribution in [1.29, 1.82) is 0 Å². The number of aromatic hydroxyl groups is 1. The van der Waals surface area contributed by atoms with E-state index in [4.69, 9.17) is 10.5 Å². The zero-order valence-corrected chi connectivity index (χ0v) is 9.29. The number of rotatable bonds is 4. The van der Waals surface area contributed by atoms with Crippen LogP contribution in [0.25, 0.3) is 0 Å². The average Bonchev–Trinajstić information content (AvgIpc) is 2.25. The summed E-state index contributed by atoms with van der Waals surface area (Å²) < 4.78 is 40.9. The molecule has 3 N–H and O–H groups in total. The van der Waals surface area contributed by atoms with Crippen LogP contribution < -0.4 is 10.5 Å². The van der Waals surface area contributed by atoms with E-state index in [0.29, 0.717) is 5.56 Å². The van der Waals surface area contributed by atoms with Gasteiger partial charge < -0.3 is 15.6 Å². The van der Waals surface area contributed by atoms with Gasteiger partial charge in [0.2, 0.25) is 0 Å². The maximum Gasteiger partial charge on any atom is 0.389 e. The third kappa shape index (κ3) is 4.14. The van der Waals surface area contributed by atoms with Gasteiger partial charge in [0.25, 0.3) is 0 Å². The van der Waals surface area contributed by atoms with Crippen LogP contribution in [0.3, 0.4) is 0 Å². The SMILES string of the molecule is COc1cc([C@@H](N)CCC(F)(F)F)ccc1O. The fourth-order valence-electron chi connectivity index (χ4n) is 1.41. The van der Waals surface area contributed by atoms with E-state index in [-0.39, 0.29) is 17.9 Å². The summed E-state index contributed by atoms with van der Waals surface area (Å²) in [5.74, 6) is 0.129. The fraction of sp³-hybridized carbons (Fsp3) is 0.455. The Balaban J connectivity index is 2.72. The van der Waals surface area contributed by atoms with Crippen molar-refractivity contribution in [2.24, 2.45) is 5.73 Å². The lowest BCUT2D eigenvalue weighted by molar-refractivity contribution is -0.136. The number of alkyl halides is 3. The summed E-state index contributed by atoms with van der Waals surface area (Å²) in [5.41, 5.74) is 6.14. The monoisotopic (exact) mass is 249 g/mol. The Bertz CT molecular complexity index is 379. The molecule has 0 radical (unpaired) electrons. The van der Waals surface area contributed by atoms with Crippen LogP contribution in [0, 0.1) is 0 Å². The topological polar surface area (TPSA) is 55.5 Å². The Morgan fingerprint density at radius 2 is 2.06 bits per heavy atom. The van der Waals surface area contributed by atoms with E-state index in [1.807, 2.05) is 0 Å². The van der Waals surface area contributed by atoms with Crippen molar-refractivity contribution in [1.82, 2.24) is 0 Å². The van der Waals surface area contributed by atoms with Crippen LogP contribution in [0.2, 0.25) is 0 Å². The Morgan fingerprint density at radius 3 is 2.59 bits per heavy atom. The van der Waals surface area contributed by atoms with Crippen LogP contribution in [0.15, 0.2) is 18.2 Å². The zero-order chi connectivity index (χ0) is 13.1. The summed E-state index contributed by atoms with van der Waals surface area (Å²) in [6, 6.07) is 3.54. The van der Waals surface area contributed by atoms with Gasteiger partial charge >= 0.3 is 6.18 Å². The first kappa shape index (κ1) is 13.6. The second-order valence-electron chi connectivity index (χ2n) is 3.69. The highest BCUT2D eigenvalue weighted by molar-refractivity contribution is 5.42. The number of hydrogen-bond acceptors (Lipinski definition) is 3. The largest absolute Gasteiger partial charge is 0.504 e. The molecule has 1 aromatic rings.